The number of ether oxygens (including phenoxy) is 2. The predicted octanol–water partition coefficient (Wildman–Crippen LogP) is 4.07. The Morgan fingerprint density at radius 3 is 2.89 bits per heavy atom. The standard InChI is InChI=1S/C22H27NO4S/c1-13-18(21(25)27-11-15-5-4-7-26-15)19(14-6-8-28-12-14)20-16(23-13)9-22(2,3)10-17(20)24/h6,8,12,15,19,23H,4-5,7,9-11H2,1-3H3/t15-,19-/m1/s1. The minimum absolute atomic E-state index is 0.0205. The molecule has 1 fully saturated rings. The molecule has 3 aliphatic rings. The first kappa shape index (κ1) is 19.4. The van der Waals surface area contributed by atoms with Crippen LogP contribution in [0.15, 0.2) is 39.4 Å². The van der Waals surface area contributed by atoms with E-state index in [2.05, 4.69) is 19.2 Å². The lowest BCUT2D eigenvalue weighted by Gasteiger charge is -2.39. The normalized spacial score (nSPS) is 26.9. The summed E-state index contributed by atoms with van der Waals surface area (Å²) >= 11 is 1.57. The number of carbonyl (C=O) groups is 2. The van der Waals surface area contributed by atoms with Crippen LogP contribution in [0.5, 0.6) is 0 Å². The van der Waals surface area contributed by atoms with Crippen LogP contribution in [-0.2, 0) is 19.1 Å². The van der Waals surface area contributed by atoms with Gasteiger partial charge in [-0.3, -0.25) is 4.79 Å². The average molecular weight is 402 g/mol. The maximum atomic E-state index is 13.1. The number of hydrogen-bond acceptors (Lipinski definition) is 6. The first-order valence-corrected chi connectivity index (χ1v) is 10.8. The Morgan fingerprint density at radius 2 is 2.21 bits per heavy atom. The highest BCUT2D eigenvalue weighted by molar-refractivity contribution is 7.08. The summed E-state index contributed by atoms with van der Waals surface area (Å²) in [6.07, 6.45) is 3.19. The zero-order chi connectivity index (χ0) is 19.9. The van der Waals surface area contributed by atoms with Crippen LogP contribution in [0.3, 0.4) is 0 Å². The molecule has 0 amide bonds. The summed E-state index contributed by atoms with van der Waals surface area (Å²) in [5, 5.41) is 7.37. The second kappa shape index (κ2) is 7.48. The molecule has 2 aliphatic heterocycles. The Balaban J connectivity index is 1.67. The summed E-state index contributed by atoms with van der Waals surface area (Å²) in [6, 6.07) is 2.00. The SMILES string of the molecule is CC1=C(C(=O)OC[C@H]2CCCO2)[C@@H](c2ccsc2)C2=C(CC(C)(C)CC2=O)N1. The van der Waals surface area contributed by atoms with Crippen molar-refractivity contribution in [1.82, 2.24) is 5.32 Å². The molecule has 150 valence electrons. The number of dihydropyridines is 1. The molecule has 1 aromatic rings. The van der Waals surface area contributed by atoms with Crippen LogP contribution in [0, 0.1) is 5.41 Å². The average Bonchev–Trinajstić information content (AvgIpc) is 3.31. The van der Waals surface area contributed by atoms with Crippen molar-refractivity contribution >= 4 is 23.1 Å². The monoisotopic (exact) mass is 401 g/mol. The summed E-state index contributed by atoms with van der Waals surface area (Å²) in [4.78, 5) is 26.2. The maximum Gasteiger partial charge on any atom is 0.336 e. The lowest BCUT2D eigenvalue weighted by molar-refractivity contribution is -0.142. The molecule has 0 spiro atoms. The molecule has 1 aliphatic carbocycles. The minimum atomic E-state index is -0.360. The Morgan fingerprint density at radius 1 is 1.39 bits per heavy atom. The molecular formula is C22H27NO4S. The Bertz CT molecular complexity index is 844. The number of hydrogen-bond donors (Lipinski definition) is 1. The summed E-state index contributed by atoms with van der Waals surface area (Å²) in [5.41, 5.74) is 3.90. The number of nitrogens with one attached hydrogen (secondary N) is 1. The molecule has 0 aromatic carbocycles. The van der Waals surface area contributed by atoms with Crippen molar-refractivity contribution in [2.24, 2.45) is 5.41 Å². The van der Waals surface area contributed by atoms with Crippen LogP contribution in [0.25, 0.3) is 0 Å². The Labute approximate surface area is 169 Å². The summed E-state index contributed by atoms with van der Waals surface area (Å²) in [6.45, 7) is 7.11. The van der Waals surface area contributed by atoms with Crippen LogP contribution in [0.4, 0.5) is 0 Å². The third-order valence-electron chi connectivity index (χ3n) is 5.76. The Kier molecular flexibility index (Phi) is 5.19. The quantitative estimate of drug-likeness (QED) is 0.771. The van der Waals surface area contributed by atoms with Gasteiger partial charge in [-0.2, -0.15) is 11.3 Å². The molecule has 28 heavy (non-hydrogen) atoms. The van der Waals surface area contributed by atoms with Crippen molar-refractivity contribution in [2.75, 3.05) is 13.2 Å². The van der Waals surface area contributed by atoms with Gasteiger partial charge in [0.05, 0.1) is 11.7 Å². The molecule has 3 heterocycles. The molecule has 2 atom stereocenters. The van der Waals surface area contributed by atoms with Gasteiger partial charge in [0.25, 0.3) is 0 Å². The summed E-state index contributed by atoms with van der Waals surface area (Å²) in [5.74, 6) is -0.601. The number of thiophene rings is 1. The van der Waals surface area contributed by atoms with Gasteiger partial charge in [0.1, 0.15) is 6.61 Å². The number of carbonyl (C=O) groups excluding carboxylic acids is 2. The van der Waals surface area contributed by atoms with Gasteiger partial charge in [0, 0.05) is 35.9 Å². The highest BCUT2D eigenvalue weighted by Crippen LogP contribution is 2.47. The highest BCUT2D eigenvalue weighted by atomic mass is 32.1. The van der Waals surface area contributed by atoms with Crippen molar-refractivity contribution in [3.63, 3.8) is 0 Å². The van der Waals surface area contributed by atoms with E-state index in [9.17, 15) is 9.59 Å². The van der Waals surface area contributed by atoms with E-state index in [1.54, 1.807) is 11.3 Å². The summed E-state index contributed by atoms with van der Waals surface area (Å²) in [7, 11) is 0. The number of ketones is 1. The van der Waals surface area contributed by atoms with Gasteiger partial charge in [-0.25, -0.2) is 4.79 Å². The maximum absolute atomic E-state index is 13.1. The van der Waals surface area contributed by atoms with Crippen molar-refractivity contribution in [1.29, 1.82) is 0 Å². The molecule has 5 nitrogen and oxygen atoms in total. The number of allylic oxidation sites excluding steroid dienone is 3. The van der Waals surface area contributed by atoms with Crippen molar-refractivity contribution in [3.05, 3.63) is 44.9 Å². The van der Waals surface area contributed by atoms with Gasteiger partial charge in [-0.05, 0) is 54.0 Å². The molecule has 6 heteroatoms. The van der Waals surface area contributed by atoms with Crippen LogP contribution >= 0.6 is 11.3 Å². The molecule has 0 radical (unpaired) electrons. The van der Waals surface area contributed by atoms with Gasteiger partial charge in [0.15, 0.2) is 5.78 Å². The smallest absolute Gasteiger partial charge is 0.336 e. The van der Waals surface area contributed by atoms with Gasteiger partial charge in [-0.15, -0.1) is 0 Å². The van der Waals surface area contributed by atoms with E-state index < -0.39 is 0 Å². The third-order valence-corrected chi connectivity index (χ3v) is 6.46. The molecular weight excluding hydrogens is 374 g/mol. The van der Waals surface area contributed by atoms with E-state index in [1.807, 2.05) is 23.8 Å². The van der Waals surface area contributed by atoms with Crippen molar-refractivity contribution in [2.45, 2.75) is 58.5 Å². The third kappa shape index (κ3) is 3.67. The fourth-order valence-corrected chi connectivity index (χ4v) is 5.19. The second-order valence-electron chi connectivity index (χ2n) is 8.72. The van der Waals surface area contributed by atoms with Crippen LogP contribution in [0.1, 0.15) is 57.9 Å². The molecule has 1 saturated heterocycles. The first-order chi connectivity index (χ1) is 13.4. The predicted molar refractivity (Wildman–Crippen MR) is 108 cm³/mol. The topological polar surface area (TPSA) is 64.6 Å². The van der Waals surface area contributed by atoms with E-state index >= 15 is 0 Å². The van der Waals surface area contributed by atoms with E-state index in [0.717, 1.165) is 48.4 Å². The van der Waals surface area contributed by atoms with Crippen LogP contribution < -0.4 is 5.32 Å². The second-order valence-corrected chi connectivity index (χ2v) is 9.50. The van der Waals surface area contributed by atoms with E-state index in [4.69, 9.17) is 9.47 Å². The molecule has 0 saturated carbocycles. The van der Waals surface area contributed by atoms with Gasteiger partial charge >= 0.3 is 5.97 Å². The fraction of sp³-hybridized carbons (Fsp3) is 0.545. The lowest BCUT2D eigenvalue weighted by atomic mass is 9.69. The zero-order valence-corrected chi connectivity index (χ0v) is 17.5. The van der Waals surface area contributed by atoms with Crippen LogP contribution in [-0.4, -0.2) is 31.1 Å². The lowest BCUT2D eigenvalue weighted by Crippen LogP contribution is -2.38. The number of esters is 1. The van der Waals surface area contributed by atoms with Crippen molar-refractivity contribution < 1.29 is 19.1 Å². The van der Waals surface area contributed by atoms with E-state index in [-0.39, 0.29) is 35.8 Å². The van der Waals surface area contributed by atoms with Gasteiger partial charge in [0.2, 0.25) is 0 Å². The molecule has 1 aromatic heterocycles. The minimum Gasteiger partial charge on any atom is -0.459 e. The molecule has 0 bridgehead atoms. The Hall–Kier alpha value is -1.92. The van der Waals surface area contributed by atoms with Gasteiger partial charge in [-0.1, -0.05) is 13.8 Å². The van der Waals surface area contributed by atoms with E-state index in [1.165, 1.54) is 0 Å². The summed E-state index contributed by atoms with van der Waals surface area (Å²) < 4.78 is 11.2. The van der Waals surface area contributed by atoms with Crippen molar-refractivity contribution in [3.8, 4) is 0 Å². The molecule has 0 unspecified atom stereocenters. The number of rotatable bonds is 4. The van der Waals surface area contributed by atoms with E-state index in [0.29, 0.717) is 12.0 Å². The molecule has 4 rings (SSSR count). The zero-order valence-electron chi connectivity index (χ0n) is 16.7. The fourth-order valence-electron chi connectivity index (χ4n) is 4.50. The van der Waals surface area contributed by atoms with Crippen LogP contribution in [0.2, 0.25) is 0 Å². The van der Waals surface area contributed by atoms with Gasteiger partial charge < -0.3 is 14.8 Å². The number of Topliss-reactive ketones (excluding diaryl/α,β-unsaturated/α-hetero) is 1. The highest BCUT2D eigenvalue weighted by Gasteiger charge is 2.43. The largest absolute Gasteiger partial charge is 0.459 e. The first-order valence-electron chi connectivity index (χ1n) is 9.90. The molecule has 1 N–H and O–H groups in total.